The van der Waals surface area contributed by atoms with Gasteiger partial charge in [0.1, 0.15) is 0 Å². The van der Waals surface area contributed by atoms with Crippen LogP contribution in [0.25, 0.3) is 0 Å². The molecule has 20 heavy (non-hydrogen) atoms. The van der Waals surface area contributed by atoms with Gasteiger partial charge < -0.3 is 21.5 Å². The lowest BCUT2D eigenvalue weighted by Crippen LogP contribution is -2.16. The summed E-state index contributed by atoms with van der Waals surface area (Å²) in [7, 11) is 1.70. The second-order valence-electron chi connectivity index (χ2n) is 3.22. The molecular formula is C11H22N6O2S. The highest BCUT2D eigenvalue weighted by molar-refractivity contribution is 7.99. The van der Waals surface area contributed by atoms with Crippen LogP contribution in [0.2, 0.25) is 0 Å². The van der Waals surface area contributed by atoms with Gasteiger partial charge in [0.15, 0.2) is 5.16 Å². The Bertz CT molecular complexity index is 404. The van der Waals surface area contributed by atoms with Crippen LogP contribution in [0.3, 0.4) is 0 Å². The lowest BCUT2D eigenvalue weighted by Gasteiger charge is -2.07. The summed E-state index contributed by atoms with van der Waals surface area (Å²) in [6.45, 7) is 5.04. The van der Waals surface area contributed by atoms with Crippen molar-refractivity contribution in [3.8, 4) is 0 Å². The molecule has 0 spiro atoms. The number of nitrogens with two attached hydrogens (primary N) is 1. The van der Waals surface area contributed by atoms with Crippen LogP contribution in [0.5, 0.6) is 0 Å². The van der Waals surface area contributed by atoms with Gasteiger partial charge in [-0.1, -0.05) is 25.6 Å². The number of carboxylic acids is 1. The lowest BCUT2D eigenvalue weighted by atomic mass is 10.5. The highest BCUT2D eigenvalue weighted by Crippen LogP contribution is 2.17. The summed E-state index contributed by atoms with van der Waals surface area (Å²) in [5.41, 5.74) is 5.38. The van der Waals surface area contributed by atoms with Gasteiger partial charge in [-0.25, -0.2) is 0 Å². The Kier molecular flexibility index (Phi) is 10.3. The van der Waals surface area contributed by atoms with Crippen molar-refractivity contribution in [3.05, 3.63) is 0 Å². The molecule has 0 saturated carbocycles. The molecule has 0 amide bonds. The van der Waals surface area contributed by atoms with E-state index >= 15 is 0 Å². The van der Waals surface area contributed by atoms with Gasteiger partial charge in [0.05, 0.1) is 6.42 Å². The van der Waals surface area contributed by atoms with E-state index in [-0.39, 0.29) is 6.42 Å². The van der Waals surface area contributed by atoms with E-state index in [1.165, 1.54) is 11.8 Å². The number of aliphatic carboxylic acids is 1. The molecule has 1 aromatic heterocycles. The van der Waals surface area contributed by atoms with E-state index in [1.54, 1.807) is 7.05 Å². The Morgan fingerprint density at radius 1 is 1.30 bits per heavy atom. The molecule has 0 saturated heterocycles. The van der Waals surface area contributed by atoms with Crippen LogP contribution in [0.15, 0.2) is 5.16 Å². The van der Waals surface area contributed by atoms with Gasteiger partial charge in [-0.3, -0.25) is 4.79 Å². The van der Waals surface area contributed by atoms with Crippen molar-refractivity contribution in [3.63, 3.8) is 0 Å². The normalized spacial score (nSPS) is 9.40. The number of carboxylic acid groups (broad SMARTS) is 1. The summed E-state index contributed by atoms with van der Waals surface area (Å²) in [5.74, 6) is 0.436. The Morgan fingerprint density at radius 2 is 1.95 bits per heavy atom. The van der Waals surface area contributed by atoms with Crippen LogP contribution in [0.4, 0.5) is 11.9 Å². The topological polar surface area (TPSA) is 126 Å². The molecule has 0 fully saturated rings. The predicted octanol–water partition coefficient (Wildman–Crippen LogP) is 0.877. The molecule has 0 unspecified atom stereocenters. The molecule has 5 N–H and O–H groups in total. The van der Waals surface area contributed by atoms with Crippen molar-refractivity contribution in [2.24, 2.45) is 5.73 Å². The predicted molar refractivity (Wildman–Crippen MR) is 81.2 cm³/mol. The second kappa shape index (κ2) is 11.2. The summed E-state index contributed by atoms with van der Waals surface area (Å²) >= 11 is 1.27. The first-order valence-electron chi connectivity index (χ1n) is 6.38. The van der Waals surface area contributed by atoms with E-state index in [0.717, 1.165) is 0 Å². The second-order valence-corrected chi connectivity index (χ2v) is 4.28. The molecule has 0 radical (unpaired) electrons. The molecular weight excluding hydrogens is 280 g/mol. The summed E-state index contributed by atoms with van der Waals surface area (Å²) in [5, 5.41) is 14.8. The standard InChI is InChI=1S/C9H16N6O2S.C2H6/c1-11-7-13-8(12-4-3-10)15-9(14-7)18-5-2-6(16)17;1-2/h2-5,10H2,1H3,(H,16,17)(H2,11,12,13,14,15);1-2H3. The van der Waals surface area contributed by atoms with Gasteiger partial charge in [-0.15, -0.1) is 0 Å². The highest BCUT2D eigenvalue weighted by Gasteiger charge is 2.06. The minimum atomic E-state index is -0.841. The Hall–Kier alpha value is -1.61. The van der Waals surface area contributed by atoms with Crippen molar-refractivity contribution in [1.29, 1.82) is 0 Å². The number of nitrogens with one attached hydrogen (secondary N) is 2. The maximum absolute atomic E-state index is 10.4. The van der Waals surface area contributed by atoms with Crippen LogP contribution in [-0.4, -0.2) is 51.9 Å². The van der Waals surface area contributed by atoms with Crippen LogP contribution >= 0.6 is 11.8 Å². The fraction of sp³-hybridized carbons (Fsp3) is 0.636. The van der Waals surface area contributed by atoms with Crippen molar-refractivity contribution in [2.45, 2.75) is 25.4 Å². The van der Waals surface area contributed by atoms with Gasteiger partial charge in [0.25, 0.3) is 0 Å². The highest BCUT2D eigenvalue weighted by atomic mass is 32.2. The van der Waals surface area contributed by atoms with Crippen molar-refractivity contribution < 1.29 is 9.90 Å². The third-order valence-corrected chi connectivity index (χ3v) is 2.66. The molecule has 0 aliphatic carbocycles. The average Bonchev–Trinajstić information content (AvgIpc) is 2.46. The zero-order chi connectivity index (χ0) is 15.4. The number of hydrogen-bond acceptors (Lipinski definition) is 8. The Morgan fingerprint density at radius 3 is 2.50 bits per heavy atom. The van der Waals surface area contributed by atoms with Crippen molar-refractivity contribution in [2.75, 3.05) is 36.5 Å². The van der Waals surface area contributed by atoms with E-state index < -0.39 is 5.97 Å². The third-order valence-electron chi connectivity index (χ3n) is 1.81. The number of hydrogen-bond donors (Lipinski definition) is 4. The van der Waals surface area contributed by atoms with Gasteiger partial charge in [-0.05, 0) is 0 Å². The minimum absolute atomic E-state index is 0.0663. The van der Waals surface area contributed by atoms with Crippen molar-refractivity contribution in [1.82, 2.24) is 15.0 Å². The fourth-order valence-corrected chi connectivity index (χ4v) is 1.79. The molecule has 114 valence electrons. The Balaban J connectivity index is 0.00000172. The van der Waals surface area contributed by atoms with Crippen LogP contribution < -0.4 is 16.4 Å². The average molecular weight is 302 g/mol. The zero-order valence-electron chi connectivity index (χ0n) is 12.0. The summed E-state index contributed by atoms with van der Waals surface area (Å²) in [6, 6.07) is 0. The summed E-state index contributed by atoms with van der Waals surface area (Å²) in [4.78, 5) is 22.8. The molecule has 0 aliphatic heterocycles. The number of rotatable bonds is 8. The third kappa shape index (κ3) is 7.74. The van der Waals surface area contributed by atoms with E-state index in [9.17, 15) is 4.79 Å². The summed E-state index contributed by atoms with van der Waals surface area (Å²) in [6.07, 6.45) is 0.0663. The van der Waals surface area contributed by atoms with Crippen LogP contribution in [0.1, 0.15) is 20.3 Å². The van der Waals surface area contributed by atoms with Crippen LogP contribution in [0, 0.1) is 0 Å². The van der Waals surface area contributed by atoms with Gasteiger partial charge >= 0.3 is 5.97 Å². The molecule has 0 aromatic carbocycles. The van der Waals surface area contributed by atoms with Crippen LogP contribution in [-0.2, 0) is 4.79 Å². The molecule has 0 atom stereocenters. The van der Waals surface area contributed by atoms with Gasteiger partial charge in [-0.2, -0.15) is 15.0 Å². The molecule has 1 rings (SSSR count). The van der Waals surface area contributed by atoms with Crippen molar-refractivity contribution >= 4 is 29.6 Å². The molecule has 1 aromatic rings. The number of anilines is 2. The maximum Gasteiger partial charge on any atom is 0.304 e. The van der Waals surface area contributed by atoms with Gasteiger partial charge in [0, 0.05) is 25.9 Å². The first-order valence-corrected chi connectivity index (χ1v) is 7.36. The molecule has 0 bridgehead atoms. The smallest absolute Gasteiger partial charge is 0.304 e. The van der Waals surface area contributed by atoms with E-state index in [2.05, 4.69) is 25.6 Å². The molecule has 8 nitrogen and oxygen atoms in total. The lowest BCUT2D eigenvalue weighted by molar-refractivity contribution is -0.136. The minimum Gasteiger partial charge on any atom is -0.481 e. The van der Waals surface area contributed by atoms with E-state index in [0.29, 0.717) is 35.9 Å². The quantitative estimate of drug-likeness (QED) is 0.517. The summed E-state index contributed by atoms with van der Waals surface area (Å²) < 4.78 is 0. The molecule has 1 heterocycles. The van der Waals surface area contributed by atoms with E-state index in [4.69, 9.17) is 10.8 Å². The van der Waals surface area contributed by atoms with Gasteiger partial charge in [0.2, 0.25) is 11.9 Å². The maximum atomic E-state index is 10.4. The Labute approximate surface area is 123 Å². The van der Waals surface area contributed by atoms with E-state index in [1.807, 2.05) is 13.8 Å². The first kappa shape index (κ1) is 18.4. The zero-order valence-corrected chi connectivity index (χ0v) is 12.8. The number of nitrogens with zero attached hydrogens (tertiary/aromatic N) is 3. The monoisotopic (exact) mass is 302 g/mol. The number of carbonyl (C=O) groups is 1. The SMILES string of the molecule is CC.CNc1nc(NCCN)nc(SCCC(=O)O)n1. The first-order chi connectivity index (χ1) is 9.65. The number of aromatic nitrogens is 3. The fourth-order valence-electron chi connectivity index (χ4n) is 1.03. The largest absolute Gasteiger partial charge is 0.481 e. The number of thioether (sulfide) groups is 1. The molecule has 9 heteroatoms. The molecule has 0 aliphatic rings.